The third kappa shape index (κ3) is 3.66. The molecule has 2 aromatic carbocycles. The summed E-state index contributed by atoms with van der Waals surface area (Å²) in [5.41, 5.74) is 2.28. The number of aromatic nitrogens is 2. The summed E-state index contributed by atoms with van der Waals surface area (Å²) in [5, 5.41) is 14.5. The Morgan fingerprint density at radius 2 is 1.97 bits per heavy atom. The Bertz CT molecular complexity index is 1650. The summed E-state index contributed by atoms with van der Waals surface area (Å²) in [4.78, 5) is 43.0. The van der Waals surface area contributed by atoms with Gasteiger partial charge in [-0.15, -0.1) is 0 Å². The Morgan fingerprint density at radius 1 is 1.16 bits per heavy atom. The molecule has 2 aromatic heterocycles. The van der Waals surface area contributed by atoms with E-state index in [-0.39, 0.29) is 42.9 Å². The molecule has 37 heavy (non-hydrogen) atoms. The largest absolute Gasteiger partial charge is 0.458 e. The van der Waals surface area contributed by atoms with E-state index in [1.54, 1.807) is 29.7 Å². The molecule has 0 spiro atoms. The Hall–Kier alpha value is -4.50. The van der Waals surface area contributed by atoms with E-state index < -0.39 is 17.7 Å². The van der Waals surface area contributed by atoms with E-state index in [4.69, 9.17) is 14.5 Å². The molecule has 4 aromatic rings. The number of carbonyl (C=O) groups is 2. The highest BCUT2D eigenvalue weighted by atomic mass is 16.6. The maximum absolute atomic E-state index is 13.3. The first-order valence-electron chi connectivity index (χ1n) is 12.0. The van der Waals surface area contributed by atoms with Gasteiger partial charge in [0, 0.05) is 16.5 Å². The Labute approximate surface area is 211 Å². The fourth-order valence-electron chi connectivity index (χ4n) is 4.98. The number of nitrogens with one attached hydrogen (secondary N) is 1. The fraction of sp³-hybridized carbons (Fsp3) is 0.214. The van der Waals surface area contributed by atoms with Crippen molar-refractivity contribution >= 4 is 28.7 Å². The highest BCUT2D eigenvalue weighted by Crippen LogP contribution is 2.39. The number of amides is 1. The molecule has 2 aliphatic heterocycles. The molecule has 0 saturated heterocycles. The van der Waals surface area contributed by atoms with Crippen LogP contribution in [0.15, 0.2) is 65.5 Å². The van der Waals surface area contributed by atoms with E-state index in [2.05, 4.69) is 5.32 Å². The maximum atomic E-state index is 13.3. The normalized spacial score (nSPS) is 17.5. The summed E-state index contributed by atoms with van der Waals surface area (Å²) in [6, 6.07) is 18.3. The number of hydrogen-bond donors (Lipinski definition) is 2. The molecular formula is C28H23N3O6. The summed E-state index contributed by atoms with van der Waals surface area (Å²) in [5.74, 6) is -0.758. The number of pyridine rings is 2. The molecule has 9 heteroatoms. The van der Waals surface area contributed by atoms with Crippen molar-refractivity contribution in [2.45, 2.75) is 38.7 Å². The van der Waals surface area contributed by atoms with Crippen LogP contribution in [0.3, 0.4) is 0 Å². The number of esters is 1. The lowest BCUT2D eigenvalue weighted by Crippen LogP contribution is -2.44. The minimum Gasteiger partial charge on any atom is -0.458 e. The minimum atomic E-state index is -1.88. The molecule has 0 unspecified atom stereocenters. The van der Waals surface area contributed by atoms with Crippen molar-refractivity contribution in [3.05, 3.63) is 93.3 Å². The predicted molar refractivity (Wildman–Crippen MR) is 135 cm³/mol. The van der Waals surface area contributed by atoms with Gasteiger partial charge in [0.15, 0.2) is 5.60 Å². The third-order valence-electron chi connectivity index (χ3n) is 7.00. The number of aliphatic hydroxyl groups is 1. The summed E-state index contributed by atoms with van der Waals surface area (Å²) in [6.45, 7) is 1.90. The van der Waals surface area contributed by atoms with Crippen LogP contribution in [-0.4, -0.2) is 26.7 Å². The lowest BCUT2D eigenvalue weighted by Gasteiger charge is -2.31. The SMILES string of the molecule is CC[C@@]1(O)C(=O)OCc2c1cc1n(c2=O)Cc2cc3c(NC(=O)OCc4ccccc4)cccc3nc2-1. The number of anilines is 1. The molecule has 6 rings (SSSR count). The number of nitrogens with zero attached hydrogens (tertiary/aromatic N) is 2. The van der Waals surface area contributed by atoms with Gasteiger partial charge in [-0.2, -0.15) is 0 Å². The molecule has 9 nitrogen and oxygen atoms in total. The van der Waals surface area contributed by atoms with Crippen LogP contribution in [0.2, 0.25) is 0 Å². The van der Waals surface area contributed by atoms with Crippen LogP contribution in [0.1, 0.15) is 35.6 Å². The van der Waals surface area contributed by atoms with Gasteiger partial charge >= 0.3 is 12.1 Å². The molecule has 1 amide bonds. The summed E-state index contributed by atoms with van der Waals surface area (Å²) < 4.78 is 12.1. The molecular weight excluding hydrogens is 474 g/mol. The Kier molecular flexibility index (Phi) is 5.31. The van der Waals surface area contributed by atoms with Crippen LogP contribution < -0.4 is 10.9 Å². The van der Waals surface area contributed by atoms with Crippen LogP contribution in [0.4, 0.5) is 10.5 Å². The number of rotatable bonds is 4. The molecule has 0 fully saturated rings. The highest BCUT2D eigenvalue weighted by Gasteiger charge is 2.45. The van der Waals surface area contributed by atoms with E-state index in [0.29, 0.717) is 28.0 Å². The molecule has 2 aliphatic rings. The highest BCUT2D eigenvalue weighted by molar-refractivity contribution is 6.00. The van der Waals surface area contributed by atoms with E-state index in [1.807, 2.05) is 42.5 Å². The second kappa shape index (κ2) is 8.56. The lowest BCUT2D eigenvalue weighted by molar-refractivity contribution is -0.172. The van der Waals surface area contributed by atoms with Crippen LogP contribution in [-0.2, 0) is 39.6 Å². The average molecular weight is 498 g/mol. The second-order valence-corrected chi connectivity index (χ2v) is 9.16. The number of benzene rings is 2. The fourth-order valence-corrected chi connectivity index (χ4v) is 4.98. The van der Waals surface area contributed by atoms with Gasteiger partial charge in [-0.3, -0.25) is 10.1 Å². The smallest absolute Gasteiger partial charge is 0.411 e. The first-order chi connectivity index (χ1) is 17.9. The average Bonchev–Trinajstić information content (AvgIpc) is 3.27. The van der Waals surface area contributed by atoms with Crippen molar-refractivity contribution in [3.63, 3.8) is 0 Å². The first-order valence-corrected chi connectivity index (χ1v) is 12.0. The van der Waals surface area contributed by atoms with E-state index >= 15 is 0 Å². The molecule has 1 atom stereocenters. The first kappa shape index (κ1) is 22.9. The molecule has 0 bridgehead atoms. The maximum Gasteiger partial charge on any atom is 0.411 e. The summed E-state index contributed by atoms with van der Waals surface area (Å²) >= 11 is 0. The number of fused-ring (bicyclic) bond motifs is 5. The van der Waals surface area contributed by atoms with Crippen LogP contribution >= 0.6 is 0 Å². The second-order valence-electron chi connectivity index (χ2n) is 9.16. The third-order valence-corrected chi connectivity index (χ3v) is 7.00. The van der Waals surface area contributed by atoms with Gasteiger partial charge < -0.3 is 19.1 Å². The number of hydrogen-bond acceptors (Lipinski definition) is 7. The van der Waals surface area contributed by atoms with E-state index in [0.717, 1.165) is 11.1 Å². The minimum absolute atomic E-state index is 0.0785. The van der Waals surface area contributed by atoms with E-state index in [9.17, 15) is 19.5 Å². The molecule has 186 valence electrons. The van der Waals surface area contributed by atoms with Crippen molar-refractivity contribution in [3.8, 4) is 11.4 Å². The zero-order valence-electron chi connectivity index (χ0n) is 20.0. The monoisotopic (exact) mass is 497 g/mol. The van der Waals surface area contributed by atoms with Gasteiger partial charge in [-0.05, 0) is 36.2 Å². The Balaban J connectivity index is 1.36. The van der Waals surface area contributed by atoms with Crippen molar-refractivity contribution in [1.29, 1.82) is 0 Å². The van der Waals surface area contributed by atoms with Gasteiger partial charge in [0.1, 0.15) is 13.2 Å². The zero-order valence-corrected chi connectivity index (χ0v) is 20.0. The topological polar surface area (TPSA) is 120 Å². The van der Waals surface area contributed by atoms with Crippen molar-refractivity contribution in [1.82, 2.24) is 9.55 Å². The molecule has 4 heterocycles. The van der Waals surface area contributed by atoms with E-state index in [1.165, 1.54) is 0 Å². The van der Waals surface area contributed by atoms with Crippen LogP contribution in [0.5, 0.6) is 0 Å². The zero-order chi connectivity index (χ0) is 25.7. The summed E-state index contributed by atoms with van der Waals surface area (Å²) in [7, 11) is 0. The van der Waals surface area contributed by atoms with Gasteiger partial charge in [0.2, 0.25) is 0 Å². The molecule has 0 radical (unpaired) electrons. The van der Waals surface area contributed by atoms with Gasteiger partial charge in [-0.1, -0.05) is 43.3 Å². The van der Waals surface area contributed by atoms with Crippen molar-refractivity contribution in [2.75, 3.05) is 5.32 Å². The Morgan fingerprint density at radius 3 is 2.76 bits per heavy atom. The molecule has 2 N–H and O–H groups in total. The lowest BCUT2D eigenvalue weighted by atomic mass is 9.86. The molecule has 0 saturated carbocycles. The van der Waals surface area contributed by atoms with Crippen LogP contribution in [0.25, 0.3) is 22.3 Å². The van der Waals surface area contributed by atoms with Crippen LogP contribution in [0, 0.1) is 0 Å². The number of ether oxygens (including phenoxy) is 2. The number of cyclic esters (lactones) is 1. The summed E-state index contributed by atoms with van der Waals surface area (Å²) in [6.07, 6.45) is -0.512. The molecule has 0 aliphatic carbocycles. The van der Waals surface area contributed by atoms with Gasteiger partial charge in [0.05, 0.1) is 34.7 Å². The van der Waals surface area contributed by atoms with Gasteiger partial charge in [-0.25, -0.2) is 14.6 Å². The quantitative estimate of drug-likeness (QED) is 0.362. The number of carbonyl (C=O) groups excluding carboxylic acids is 2. The standard InChI is InChI=1S/C28H23N3O6/c1-2-28(35)20-12-23-24-17(13-31(23)25(32)19(20)15-36-26(28)33)11-18-21(29-24)9-6-10-22(18)30-27(34)37-14-16-7-4-3-5-8-16/h3-12,35H,2,13-15H2,1H3,(H,30,34)/t28-/m0/s1. The predicted octanol–water partition coefficient (Wildman–Crippen LogP) is 3.83. The van der Waals surface area contributed by atoms with Gasteiger partial charge in [0.25, 0.3) is 5.56 Å². The van der Waals surface area contributed by atoms with Crippen molar-refractivity contribution in [2.24, 2.45) is 0 Å². The van der Waals surface area contributed by atoms with Crippen molar-refractivity contribution < 1.29 is 24.2 Å².